The van der Waals surface area contributed by atoms with Gasteiger partial charge in [-0.3, -0.25) is 14.6 Å². The summed E-state index contributed by atoms with van der Waals surface area (Å²) in [6.07, 6.45) is 4.40. The Morgan fingerprint density at radius 3 is 2.29 bits per heavy atom. The van der Waals surface area contributed by atoms with Gasteiger partial charge in [-0.15, -0.1) is 22.7 Å². The summed E-state index contributed by atoms with van der Waals surface area (Å²) in [5.41, 5.74) is 1.22. The first-order valence-electron chi connectivity index (χ1n) is 9.67. The first-order valence-corrected chi connectivity index (χ1v) is 11.4. The molecular formula is C23H20N4O2S2. The number of carbonyl (C=O) groups is 2. The summed E-state index contributed by atoms with van der Waals surface area (Å²) in [6, 6.07) is 16.9. The Balaban J connectivity index is 1.62. The first kappa shape index (κ1) is 20.9. The Labute approximate surface area is 188 Å². The van der Waals surface area contributed by atoms with Gasteiger partial charge >= 0.3 is 0 Å². The Hall–Kier alpha value is -3.36. The normalized spacial score (nSPS) is 12.6. The molecule has 1 aromatic carbocycles. The van der Waals surface area contributed by atoms with Crippen molar-refractivity contribution in [1.29, 1.82) is 0 Å². The monoisotopic (exact) mass is 448 g/mol. The molecule has 3 heterocycles. The minimum atomic E-state index is -0.581. The maximum atomic E-state index is 13.4. The molecule has 0 spiro atoms. The lowest BCUT2D eigenvalue weighted by Crippen LogP contribution is -2.39. The van der Waals surface area contributed by atoms with Gasteiger partial charge in [0.2, 0.25) is 5.91 Å². The lowest BCUT2D eigenvalue weighted by molar-refractivity contribution is -0.123. The highest BCUT2D eigenvalue weighted by Gasteiger charge is 2.34. The van der Waals surface area contributed by atoms with Gasteiger partial charge in [-0.05, 0) is 28.5 Å². The molecule has 2 unspecified atom stereocenters. The summed E-state index contributed by atoms with van der Waals surface area (Å²) in [7, 11) is 0. The van der Waals surface area contributed by atoms with Crippen molar-refractivity contribution in [3.63, 3.8) is 0 Å². The van der Waals surface area contributed by atoms with Crippen LogP contribution in [0.3, 0.4) is 0 Å². The number of rotatable bonds is 8. The van der Waals surface area contributed by atoms with Crippen molar-refractivity contribution in [3.05, 3.63) is 105 Å². The molecule has 0 saturated heterocycles. The van der Waals surface area contributed by atoms with Gasteiger partial charge in [0, 0.05) is 28.7 Å². The number of aromatic nitrogens is 2. The second kappa shape index (κ2) is 10.1. The zero-order valence-corrected chi connectivity index (χ0v) is 18.1. The number of nitrogens with one attached hydrogen (secondary N) is 2. The Morgan fingerprint density at radius 1 is 0.903 bits per heavy atom. The zero-order chi connectivity index (χ0) is 21.5. The molecule has 0 radical (unpaired) electrons. The van der Waals surface area contributed by atoms with Gasteiger partial charge in [-0.2, -0.15) is 0 Å². The summed E-state index contributed by atoms with van der Waals surface area (Å²) in [4.78, 5) is 36.1. The van der Waals surface area contributed by atoms with Crippen molar-refractivity contribution in [1.82, 2.24) is 20.6 Å². The van der Waals surface area contributed by atoms with Crippen molar-refractivity contribution in [2.75, 3.05) is 0 Å². The molecule has 8 heteroatoms. The first-order chi connectivity index (χ1) is 15.2. The van der Waals surface area contributed by atoms with Crippen LogP contribution < -0.4 is 10.6 Å². The highest BCUT2D eigenvalue weighted by atomic mass is 32.1. The fourth-order valence-corrected chi connectivity index (χ4v) is 4.90. The summed E-state index contributed by atoms with van der Waals surface area (Å²) in [5, 5.41) is 9.92. The lowest BCUT2D eigenvalue weighted by Gasteiger charge is -2.26. The van der Waals surface area contributed by atoms with Crippen LogP contribution in [0.5, 0.6) is 0 Å². The molecule has 0 aliphatic carbocycles. The van der Waals surface area contributed by atoms with Crippen molar-refractivity contribution in [3.8, 4) is 0 Å². The molecule has 2 atom stereocenters. The lowest BCUT2D eigenvalue weighted by atomic mass is 9.95. The van der Waals surface area contributed by atoms with E-state index in [-0.39, 0.29) is 17.5 Å². The molecule has 0 aliphatic heterocycles. The largest absolute Gasteiger partial charge is 0.351 e. The maximum Gasteiger partial charge on any atom is 0.272 e. The molecule has 156 valence electrons. The SMILES string of the molecule is O=C(NC(c1cccs1)C(C(=O)NCc1ccccc1)c1cccs1)c1cnccn1. The summed E-state index contributed by atoms with van der Waals surface area (Å²) < 4.78 is 0. The van der Waals surface area contributed by atoms with E-state index in [0.29, 0.717) is 6.54 Å². The fraction of sp³-hybridized carbons (Fsp3) is 0.130. The van der Waals surface area contributed by atoms with Crippen molar-refractivity contribution in [2.24, 2.45) is 0 Å². The van der Waals surface area contributed by atoms with Gasteiger partial charge in [0.25, 0.3) is 5.91 Å². The predicted molar refractivity (Wildman–Crippen MR) is 122 cm³/mol. The number of hydrogen-bond donors (Lipinski definition) is 2. The minimum Gasteiger partial charge on any atom is -0.351 e. The number of hydrogen-bond acceptors (Lipinski definition) is 6. The fourth-order valence-electron chi connectivity index (χ4n) is 3.23. The highest BCUT2D eigenvalue weighted by molar-refractivity contribution is 7.10. The molecule has 6 nitrogen and oxygen atoms in total. The third-order valence-electron chi connectivity index (χ3n) is 4.71. The van der Waals surface area contributed by atoms with Gasteiger partial charge in [0.05, 0.1) is 18.2 Å². The van der Waals surface area contributed by atoms with E-state index in [1.165, 1.54) is 41.3 Å². The molecule has 4 rings (SSSR count). The minimum absolute atomic E-state index is 0.149. The average molecular weight is 449 g/mol. The Kier molecular flexibility index (Phi) is 6.81. The third-order valence-corrected chi connectivity index (χ3v) is 6.62. The predicted octanol–water partition coefficient (Wildman–Crippen LogP) is 4.17. The molecular weight excluding hydrogens is 428 g/mol. The van der Waals surface area contributed by atoms with Gasteiger partial charge in [0.15, 0.2) is 0 Å². The van der Waals surface area contributed by atoms with Crippen LogP contribution in [0.1, 0.15) is 37.8 Å². The van der Waals surface area contributed by atoms with Crippen LogP contribution in [0.4, 0.5) is 0 Å². The van der Waals surface area contributed by atoms with Crippen LogP contribution in [0.2, 0.25) is 0 Å². The van der Waals surface area contributed by atoms with E-state index in [0.717, 1.165) is 15.3 Å². The third kappa shape index (κ3) is 5.22. The van der Waals surface area contributed by atoms with E-state index in [2.05, 4.69) is 20.6 Å². The van der Waals surface area contributed by atoms with Gasteiger partial charge < -0.3 is 10.6 Å². The summed E-state index contributed by atoms with van der Waals surface area (Å²) in [6.45, 7) is 0.414. The Bertz CT molecular complexity index is 1100. The van der Waals surface area contributed by atoms with E-state index in [9.17, 15) is 9.59 Å². The molecule has 3 aromatic heterocycles. The number of benzene rings is 1. The van der Waals surface area contributed by atoms with E-state index in [1.807, 2.05) is 65.4 Å². The van der Waals surface area contributed by atoms with Crippen molar-refractivity contribution < 1.29 is 9.59 Å². The average Bonchev–Trinajstić information content (AvgIpc) is 3.53. The molecule has 0 fully saturated rings. The van der Waals surface area contributed by atoms with Crippen LogP contribution in [0.15, 0.2) is 83.9 Å². The van der Waals surface area contributed by atoms with Crippen LogP contribution in [-0.4, -0.2) is 21.8 Å². The quantitative estimate of drug-likeness (QED) is 0.424. The second-order valence-corrected chi connectivity index (χ2v) is 8.71. The molecule has 0 saturated carbocycles. The topological polar surface area (TPSA) is 84.0 Å². The van der Waals surface area contributed by atoms with Crippen LogP contribution in [0.25, 0.3) is 0 Å². The van der Waals surface area contributed by atoms with E-state index >= 15 is 0 Å². The molecule has 0 bridgehead atoms. The van der Waals surface area contributed by atoms with Crippen molar-refractivity contribution in [2.45, 2.75) is 18.5 Å². The number of amides is 2. The summed E-state index contributed by atoms with van der Waals surface area (Å²) in [5.74, 6) is -1.10. The van der Waals surface area contributed by atoms with Gasteiger partial charge in [-0.1, -0.05) is 42.5 Å². The molecule has 2 N–H and O–H groups in total. The molecule has 0 aliphatic rings. The van der Waals surface area contributed by atoms with E-state index in [1.54, 1.807) is 0 Å². The molecule has 2 amide bonds. The Morgan fingerprint density at radius 2 is 1.65 bits per heavy atom. The number of nitrogens with zero attached hydrogens (tertiary/aromatic N) is 2. The van der Waals surface area contributed by atoms with E-state index < -0.39 is 12.0 Å². The number of carbonyl (C=O) groups excluding carboxylic acids is 2. The molecule has 4 aromatic rings. The molecule has 31 heavy (non-hydrogen) atoms. The van der Waals surface area contributed by atoms with E-state index in [4.69, 9.17) is 0 Å². The summed E-state index contributed by atoms with van der Waals surface area (Å²) >= 11 is 2.99. The van der Waals surface area contributed by atoms with Gasteiger partial charge in [0.1, 0.15) is 5.69 Å². The highest BCUT2D eigenvalue weighted by Crippen LogP contribution is 2.36. The van der Waals surface area contributed by atoms with Gasteiger partial charge in [-0.25, -0.2) is 4.98 Å². The standard InChI is InChI=1S/C23H20N4O2S2/c28-22(17-15-24-10-11-25-17)27-21(19-9-5-13-31-19)20(18-8-4-12-30-18)23(29)26-14-16-6-2-1-3-7-16/h1-13,15,20-21H,14H2,(H,26,29)(H,27,28). The maximum absolute atomic E-state index is 13.4. The number of thiophene rings is 2. The van der Waals surface area contributed by atoms with Crippen LogP contribution in [-0.2, 0) is 11.3 Å². The smallest absolute Gasteiger partial charge is 0.272 e. The van der Waals surface area contributed by atoms with Crippen LogP contribution >= 0.6 is 22.7 Å². The van der Waals surface area contributed by atoms with Crippen LogP contribution in [0, 0.1) is 0 Å². The van der Waals surface area contributed by atoms with Crippen molar-refractivity contribution >= 4 is 34.5 Å². The zero-order valence-electron chi connectivity index (χ0n) is 16.5. The second-order valence-electron chi connectivity index (χ2n) is 6.75.